The average molecular weight is 347 g/mol. The number of aromatic amines is 1. The summed E-state index contributed by atoms with van der Waals surface area (Å²) in [6, 6.07) is 1.98. The molecule has 1 aliphatic rings. The van der Waals surface area contributed by atoms with E-state index < -0.39 is 0 Å². The Kier molecular flexibility index (Phi) is 4.91. The fraction of sp³-hybridized carbons (Fsp3) is 0.588. The van der Waals surface area contributed by atoms with Gasteiger partial charge >= 0.3 is 0 Å². The topological polar surface area (TPSA) is 83.6 Å². The SMILES string of the molecule is CN(C)C(=O)COCC1CN(c2ncnc3[nH]ccc23)CC(C)(C)O1. The first-order valence-corrected chi connectivity index (χ1v) is 8.34. The Morgan fingerprint density at radius 3 is 3.04 bits per heavy atom. The molecule has 8 heteroatoms. The molecule has 2 aromatic rings. The number of carbonyl (C=O) groups is 1. The number of morpholine rings is 1. The van der Waals surface area contributed by atoms with Gasteiger partial charge in [-0.1, -0.05) is 0 Å². The predicted octanol–water partition coefficient (Wildman–Crippen LogP) is 1.05. The third-order valence-electron chi connectivity index (χ3n) is 4.14. The molecule has 3 heterocycles. The molecule has 2 aromatic heterocycles. The molecule has 1 saturated heterocycles. The summed E-state index contributed by atoms with van der Waals surface area (Å²) in [5.41, 5.74) is 0.476. The number of nitrogens with one attached hydrogen (secondary N) is 1. The van der Waals surface area contributed by atoms with Gasteiger partial charge in [0.25, 0.3) is 0 Å². The zero-order valence-corrected chi connectivity index (χ0v) is 15.2. The quantitative estimate of drug-likeness (QED) is 0.870. The van der Waals surface area contributed by atoms with Crippen molar-refractivity contribution in [1.29, 1.82) is 0 Å². The fourth-order valence-corrected chi connectivity index (χ4v) is 3.06. The van der Waals surface area contributed by atoms with E-state index in [9.17, 15) is 4.79 Å². The van der Waals surface area contributed by atoms with Crippen LogP contribution in [0.4, 0.5) is 5.82 Å². The number of amides is 1. The second-order valence-electron chi connectivity index (χ2n) is 7.12. The molecule has 0 saturated carbocycles. The molecule has 1 fully saturated rings. The maximum Gasteiger partial charge on any atom is 0.248 e. The van der Waals surface area contributed by atoms with E-state index in [2.05, 4.69) is 19.9 Å². The van der Waals surface area contributed by atoms with E-state index in [1.165, 1.54) is 4.90 Å². The van der Waals surface area contributed by atoms with Crippen LogP contribution in [0.25, 0.3) is 11.0 Å². The van der Waals surface area contributed by atoms with Gasteiger partial charge in [-0.15, -0.1) is 0 Å². The molecule has 1 atom stereocenters. The van der Waals surface area contributed by atoms with Crippen molar-refractivity contribution in [2.75, 3.05) is 45.3 Å². The lowest BCUT2D eigenvalue weighted by atomic mass is 10.0. The van der Waals surface area contributed by atoms with Crippen LogP contribution in [-0.2, 0) is 14.3 Å². The van der Waals surface area contributed by atoms with Crippen LogP contribution in [-0.4, -0.2) is 77.9 Å². The molecule has 0 aromatic carbocycles. The third kappa shape index (κ3) is 4.08. The summed E-state index contributed by atoms with van der Waals surface area (Å²) in [6.45, 7) is 5.89. The van der Waals surface area contributed by atoms with Crippen LogP contribution in [0.15, 0.2) is 18.6 Å². The standard InChI is InChI=1S/C17H25N5O3/c1-17(2)10-22(16-13-5-6-18-15(13)19-11-20-16)7-12(25-17)8-24-9-14(23)21(3)4/h5-6,11-12H,7-10H2,1-4H3,(H,18,19,20). The van der Waals surface area contributed by atoms with Crippen molar-refractivity contribution in [1.82, 2.24) is 19.9 Å². The summed E-state index contributed by atoms with van der Waals surface area (Å²) >= 11 is 0. The number of rotatable bonds is 5. The summed E-state index contributed by atoms with van der Waals surface area (Å²) in [7, 11) is 3.43. The molecule has 1 amide bonds. The Bertz CT molecular complexity index is 743. The van der Waals surface area contributed by atoms with Gasteiger partial charge in [-0.25, -0.2) is 9.97 Å². The molecular formula is C17H25N5O3. The number of H-pyrrole nitrogens is 1. The lowest BCUT2D eigenvalue weighted by Gasteiger charge is -2.43. The maximum atomic E-state index is 11.6. The van der Waals surface area contributed by atoms with Crippen molar-refractivity contribution in [2.45, 2.75) is 25.6 Å². The highest BCUT2D eigenvalue weighted by Crippen LogP contribution is 2.29. The lowest BCUT2D eigenvalue weighted by Crippen LogP contribution is -2.54. The number of hydrogen-bond donors (Lipinski definition) is 1. The van der Waals surface area contributed by atoms with Gasteiger partial charge in [0.05, 0.1) is 23.7 Å². The molecule has 0 aliphatic carbocycles. The minimum Gasteiger partial charge on any atom is -0.369 e. The average Bonchev–Trinajstić information content (AvgIpc) is 3.01. The zero-order chi connectivity index (χ0) is 18.0. The van der Waals surface area contributed by atoms with Crippen molar-refractivity contribution in [3.63, 3.8) is 0 Å². The Morgan fingerprint density at radius 2 is 2.28 bits per heavy atom. The van der Waals surface area contributed by atoms with Crippen molar-refractivity contribution in [3.05, 3.63) is 18.6 Å². The summed E-state index contributed by atoms with van der Waals surface area (Å²) in [5, 5.41) is 0.989. The monoisotopic (exact) mass is 347 g/mol. The normalized spacial score (nSPS) is 20.0. The molecule has 0 radical (unpaired) electrons. The van der Waals surface area contributed by atoms with Crippen LogP contribution in [0.3, 0.4) is 0 Å². The molecular weight excluding hydrogens is 322 g/mol. The van der Waals surface area contributed by atoms with E-state index in [4.69, 9.17) is 9.47 Å². The molecule has 1 N–H and O–H groups in total. The van der Waals surface area contributed by atoms with Gasteiger partial charge in [0.1, 0.15) is 24.4 Å². The Morgan fingerprint density at radius 1 is 1.48 bits per heavy atom. The molecule has 0 spiro atoms. The van der Waals surface area contributed by atoms with Crippen LogP contribution in [0.5, 0.6) is 0 Å². The highest BCUT2D eigenvalue weighted by atomic mass is 16.5. The summed E-state index contributed by atoms with van der Waals surface area (Å²) in [4.78, 5) is 27.2. The number of hydrogen-bond acceptors (Lipinski definition) is 6. The van der Waals surface area contributed by atoms with Crippen molar-refractivity contribution >= 4 is 22.8 Å². The third-order valence-corrected chi connectivity index (χ3v) is 4.14. The van der Waals surface area contributed by atoms with Crippen LogP contribution in [0.1, 0.15) is 13.8 Å². The number of aromatic nitrogens is 3. The maximum absolute atomic E-state index is 11.6. The van der Waals surface area contributed by atoms with Gasteiger partial charge in [0.15, 0.2) is 0 Å². The van der Waals surface area contributed by atoms with E-state index in [0.717, 1.165) is 23.4 Å². The van der Waals surface area contributed by atoms with Crippen molar-refractivity contribution < 1.29 is 14.3 Å². The van der Waals surface area contributed by atoms with Crippen molar-refractivity contribution in [3.8, 4) is 0 Å². The number of fused-ring (bicyclic) bond motifs is 1. The van der Waals surface area contributed by atoms with E-state index in [-0.39, 0.29) is 24.2 Å². The van der Waals surface area contributed by atoms with Crippen LogP contribution < -0.4 is 4.90 Å². The van der Waals surface area contributed by atoms with Crippen LogP contribution >= 0.6 is 0 Å². The summed E-state index contributed by atoms with van der Waals surface area (Å²) in [6.07, 6.45) is 3.29. The number of anilines is 1. The van der Waals surface area contributed by atoms with Gasteiger partial charge in [-0.3, -0.25) is 4.79 Å². The molecule has 1 aliphatic heterocycles. The smallest absolute Gasteiger partial charge is 0.248 e. The van der Waals surface area contributed by atoms with Crippen LogP contribution in [0, 0.1) is 0 Å². The highest BCUT2D eigenvalue weighted by molar-refractivity contribution is 5.87. The van der Waals surface area contributed by atoms with Crippen LogP contribution in [0.2, 0.25) is 0 Å². The van der Waals surface area contributed by atoms with Gasteiger partial charge < -0.3 is 24.3 Å². The summed E-state index contributed by atoms with van der Waals surface area (Å²) in [5.74, 6) is 0.828. The number of ether oxygens (including phenoxy) is 2. The van der Waals surface area contributed by atoms with Crippen molar-refractivity contribution in [2.24, 2.45) is 0 Å². The largest absolute Gasteiger partial charge is 0.369 e. The first kappa shape index (κ1) is 17.6. The van der Waals surface area contributed by atoms with Gasteiger partial charge in [-0.05, 0) is 19.9 Å². The summed E-state index contributed by atoms with van der Waals surface area (Å²) < 4.78 is 11.7. The van der Waals surface area contributed by atoms with E-state index in [0.29, 0.717) is 13.2 Å². The molecule has 1 unspecified atom stereocenters. The minimum absolute atomic E-state index is 0.0584. The molecule has 136 valence electrons. The number of likely N-dealkylation sites (N-methyl/N-ethyl adjacent to an activating group) is 1. The van der Waals surface area contributed by atoms with E-state index in [1.54, 1.807) is 20.4 Å². The Balaban J connectivity index is 1.71. The minimum atomic E-state index is -0.342. The van der Waals surface area contributed by atoms with E-state index in [1.807, 2.05) is 26.1 Å². The van der Waals surface area contributed by atoms with Gasteiger partial charge in [-0.2, -0.15) is 0 Å². The van der Waals surface area contributed by atoms with Gasteiger partial charge in [0, 0.05) is 33.4 Å². The second kappa shape index (κ2) is 6.97. The number of carbonyl (C=O) groups excluding carboxylic acids is 1. The van der Waals surface area contributed by atoms with Gasteiger partial charge in [0.2, 0.25) is 5.91 Å². The molecule has 25 heavy (non-hydrogen) atoms. The molecule has 3 rings (SSSR count). The van der Waals surface area contributed by atoms with E-state index >= 15 is 0 Å². The predicted molar refractivity (Wildman–Crippen MR) is 94.6 cm³/mol. The fourth-order valence-electron chi connectivity index (χ4n) is 3.06. The lowest BCUT2D eigenvalue weighted by molar-refractivity contribution is -0.139. The first-order valence-electron chi connectivity index (χ1n) is 8.34. The molecule has 0 bridgehead atoms. The Hall–Kier alpha value is -2.19. The first-order chi connectivity index (χ1) is 11.9. The highest BCUT2D eigenvalue weighted by Gasteiger charge is 2.35. The second-order valence-corrected chi connectivity index (χ2v) is 7.12. The zero-order valence-electron chi connectivity index (χ0n) is 15.2. The number of nitrogens with zero attached hydrogens (tertiary/aromatic N) is 4. The Labute approximate surface area is 147 Å². The molecule has 8 nitrogen and oxygen atoms in total.